The number of rotatable bonds is 5. The Bertz CT molecular complexity index is 1100. The number of nitrogens with one attached hydrogen (secondary N) is 2. The fourth-order valence-electron chi connectivity index (χ4n) is 6.84. The van der Waals surface area contributed by atoms with Crippen molar-refractivity contribution >= 4 is 17.5 Å². The van der Waals surface area contributed by atoms with Crippen LogP contribution in [0.2, 0.25) is 0 Å². The lowest BCUT2D eigenvalue weighted by molar-refractivity contribution is -0.126. The van der Waals surface area contributed by atoms with E-state index in [9.17, 15) is 9.59 Å². The molecule has 1 spiro atoms. The molecule has 2 aromatic carbocycles. The number of anilines is 1. The highest BCUT2D eigenvalue weighted by atomic mass is 16.2. The highest BCUT2D eigenvalue weighted by molar-refractivity contribution is 6.03. The van der Waals surface area contributed by atoms with Gasteiger partial charge in [0.2, 0.25) is 11.8 Å². The van der Waals surface area contributed by atoms with E-state index in [1.807, 2.05) is 24.3 Å². The zero-order valence-electron chi connectivity index (χ0n) is 20.5. The molecule has 184 valence electrons. The summed E-state index contributed by atoms with van der Waals surface area (Å²) < 4.78 is 0. The van der Waals surface area contributed by atoms with Crippen LogP contribution in [0.4, 0.5) is 5.69 Å². The maximum Gasteiger partial charge on any atom is 0.243 e. The van der Waals surface area contributed by atoms with Gasteiger partial charge in [-0.1, -0.05) is 42.5 Å². The van der Waals surface area contributed by atoms with Crippen LogP contribution in [0.15, 0.2) is 48.5 Å². The molecule has 6 nitrogen and oxygen atoms in total. The summed E-state index contributed by atoms with van der Waals surface area (Å²) in [6.07, 6.45) is 6.79. The first-order chi connectivity index (χ1) is 17.1. The first kappa shape index (κ1) is 22.7. The Kier molecular flexibility index (Phi) is 6.11. The summed E-state index contributed by atoms with van der Waals surface area (Å²) in [7, 11) is 0. The maximum atomic E-state index is 13.5. The molecular weight excluding hydrogens is 436 g/mol. The summed E-state index contributed by atoms with van der Waals surface area (Å²) >= 11 is 0. The third-order valence-electron chi connectivity index (χ3n) is 8.87. The highest BCUT2D eigenvalue weighted by Gasteiger charge is 2.42. The van der Waals surface area contributed by atoms with Gasteiger partial charge < -0.3 is 15.5 Å². The minimum absolute atomic E-state index is 0.0249. The van der Waals surface area contributed by atoms with Gasteiger partial charge in [0.15, 0.2) is 0 Å². The molecular formula is C29H36N4O2. The van der Waals surface area contributed by atoms with Crippen molar-refractivity contribution in [3.05, 3.63) is 65.2 Å². The zero-order chi connectivity index (χ0) is 23.8. The quantitative estimate of drug-likeness (QED) is 0.703. The lowest BCUT2D eigenvalue weighted by atomic mass is 9.74. The van der Waals surface area contributed by atoms with E-state index < -0.39 is 6.04 Å². The second kappa shape index (κ2) is 9.40. The number of fused-ring (bicyclic) bond motifs is 3. The number of hydrogen-bond acceptors (Lipinski definition) is 4. The molecule has 0 saturated carbocycles. The molecule has 2 amide bonds. The standard InChI is InChI=1S/C29H36N4O2/c34-27(11-16-32-17-13-29(14-18-32)12-9-21-5-1-3-7-24(21)29)33-25-8-4-2-6-22(25)19-26(33)28(35)31-23-10-15-30-20-23/h1-8,23,26,30H,9-20H2,(H,31,35)/t23-,26?/m1/s1. The molecule has 2 N–H and O–H groups in total. The molecule has 2 fully saturated rings. The van der Waals surface area contributed by atoms with E-state index in [4.69, 9.17) is 0 Å². The molecule has 0 bridgehead atoms. The number of nitrogens with zero attached hydrogens (tertiary/aromatic N) is 2. The summed E-state index contributed by atoms with van der Waals surface area (Å²) in [6, 6.07) is 16.7. The maximum absolute atomic E-state index is 13.5. The van der Waals surface area contributed by atoms with Crippen molar-refractivity contribution in [2.45, 2.75) is 62.4 Å². The first-order valence-electron chi connectivity index (χ1n) is 13.3. The van der Waals surface area contributed by atoms with Crippen LogP contribution in [0, 0.1) is 0 Å². The van der Waals surface area contributed by atoms with Crippen molar-refractivity contribution in [3.8, 4) is 0 Å². The Labute approximate surface area is 208 Å². The summed E-state index contributed by atoms with van der Waals surface area (Å²) in [5, 5.41) is 6.47. The van der Waals surface area contributed by atoms with Crippen molar-refractivity contribution in [2.24, 2.45) is 0 Å². The van der Waals surface area contributed by atoms with Crippen molar-refractivity contribution in [2.75, 3.05) is 37.6 Å². The van der Waals surface area contributed by atoms with E-state index in [1.54, 1.807) is 10.5 Å². The van der Waals surface area contributed by atoms with Gasteiger partial charge in [-0.3, -0.25) is 14.5 Å². The van der Waals surface area contributed by atoms with Gasteiger partial charge in [0.05, 0.1) is 0 Å². The van der Waals surface area contributed by atoms with Gasteiger partial charge in [-0.05, 0) is 79.9 Å². The molecule has 35 heavy (non-hydrogen) atoms. The van der Waals surface area contributed by atoms with Crippen molar-refractivity contribution in [3.63, 3.8) is 0 Å². The lowest BCUT2D eigenvalue weighted by Gasteiger charge is -2.40. The largest absolute Gasteiger partial charge is 0.350 e. The van der Waals surface area contributed by atoms with E-state index >= 15 is 0 Å². The number of carbonyl (C=O) groups excluding carboxylic acids is 2. The fraction of sp³-hybridized carbons (Fsp3) is 0.517. The number of amides is 2. The van der Waals surface area contributed by atoms with Gasteiger partial charge in [0.25, 0.3) is 0 Å². The van der Waals surface area contributed by atoms with Crippen LogP contribution in [0.3, 0.4) is 0 Å². The van der Waals surface area contributed by atoms with E-state index in [2.05, 4.69) is 39.8 Å². The Morgan fingerprint density at radius 3 is 2.57 bits per heavy atom. The summed E-state index contributed by atoms with van der Waals surface area (Å²) in [4.78, 5) is 30.9. The third-order valence-corrected chi connectivity index (χ3v) is 8.87. The van der Waals surface area contributed by atoms with E-state index in [0.717, 1.165) is 50.4 Å². The summed E-state index contributed by atoms with van der Waals surface area (Å²) in [5.74, 6) is 0.0363. The molecule has 6 heteroatoms. The Morgan fingerprint density at radius 1 is 1.00 bits per heavy atom. The van der Waals surface area contributed by atoms with Crippen molar-refractivity contribution < 1.29 is 9.59 Å². The molecule has 1 aliphatic carbocycles. The highest BCUT2D eigenvalue weighted by Crippen LogP contribution is 2.46. The molecule has 0 radical (unpaired) electrons. The van der Waals surface area contributed by atoms with Crippen LogP contribution < -0.4 is 15.5 Å². The van der Waals surface area contributed by atoms with Gasteiger partial charge in [0, 0.05) is 37.7 Å². The number of aryl methyl sites for hydroxylation is 1. The normalized spacial score (nSPS) is 25.0. The molecule has 2 atom stereocenters. The van der Waals surface area contributed by atoms with Crippen LogP contribution in [0.5, 0.6) is 0 Å². The number of carbonyl (C=O) groups is 2. The van der Waals surface area contributed by atoms with Crippen LogP contribution in [-0.4, -0.2) is 61.5 Å². The number of piperidine rings is 1. The minimum Gasteiger partial charge on any atom is -0.350 e. The van der Waals surface area contributed by atoms with E-state index in [-0.39, 0.29) is 17.9 Å². The molecule has 6 rings (SSSR count). The van der Waals surface area contributed by atoms with Crippen LogP contribution in [0.1, 0.15) is 48.8 Å². The zero-order valence-corrected chi connectivity index (χ0v) is 20.5. The SMILES string of the molecule is O=C(N[C@@H]1CCNC1)C1Cc2ccccc2N1C(=O)CCN1CCC2(CCc3ccccc32)CC1. The number of para-hydroxylation sites is 1. The summed E-state index contributed by atoms with van der Waals surface area (Å²) in [6.45, 7) is 4.57. The van der Waals surface area contributed by atoms with Gasteiger partial charge in [0.1, 0.15) is 6.04 Å². The second-order valence-corrected chi connectivity index (χ2v) is 10.8. The molecule has 2 saturated heterocycles. The number of hydrogen-bond donors (Lipinski definition) is 2. The Morgan fingerprint density at radius 2 is 1.77 bits per heavy atom. The molecule has 3 heterocycles. The van der Waals surface area contributed by atoms with Crippen LogP contribution in [0.25, 0.3) is 0 Å². The van der Waals surface area contributed by atoms with Gasteiger partial charge >= 0.3 is 0 Å². The van der Waals surface area contributed by atoms with Crippen LogP contribution in [-0.2, 0) is 27.8 Å². The first-order valence-corrected chi connectivity index (χ1v) is 13.3. The summed E-state index contributed by atoms with van der Waals surface area (Å²) in [5.41, 5.74) is 5.42. The van der Waals surface area contributed by atoms with Crippen molar-refractivity contribution in [1.82, 2.24) is 15.5 Å². The predicted molar refractivity (Wildman–Crippen MR) is 138 cm³/mol. The number of likely N-dealkylation sites (tertiary alicyclic amines) is 1. The van der Waals surface area contributed by atoms with Crippen molar-refractivity contribution in [1.29, 1.82) is 0 Å². The second-order valence-electron chi connectivity index (χ2n) is 10.8. The Hall–Kier alpha value is -2.70. The Balaban J connectivity index is 1.09. The molecule has 2 aromatic rings. The molecule has 0 aromatic heterocycles. The fourth-order valence-corrected chi connectivity index (χ4v) is 6.84. The minimum atomic E-state index is -0.444. The lowest BCUT2D eigenvalue weighted by Crippen LogP contribution is -2.51. The van der Waals surface area contributed by atoms with Gasteiger partial charge in [-0.25, -0.2) is 0 Å². The smallest absolute Gasteiger partial charge is 0.243 e. The van der Waals surface area contributed by atoms with Gasteiger partial charge in [-0.15, -0.1) is 0 Å². The van der Waals surface area contributed by atoms with Crippen LogP contribution >= 0.6 is 0 Å². The van der Waals surface area contributed by atoms with E-state index in [1.165, 1.54) is 31.2 Å². The van der Waals surface area contributed by atoms with Gasteiger partial charge in [-0.2, -0.15) is 0 Å². The molecule has 4 aliphatic rings. The average molecular weight is 473 g/mol. The van der Waals surface area contributed by atoms with E-state index in [0.29, 0.717) is 18.3 Å². The molecule has 3 aliphatic heterocycles. The predicted octanol–water partition coefficient (Wildman–Crippen LogP) is 2.79. The monoisotopic (exact) mass is 472 g/mol. The molecule has 1 unspecified atom stereocenters. The topological polar surface area (TPSA) is 64.7 Å². The number of benzene rings is 2. The average Bonchev–Trinajstić information content (AvgIpc) is 3.62. The third kappa shape index (κ3) is 4.27.